The van der Waals surface area contributed by atoms with Crippen molar-refractivity contribution in [3.63, 3.8) is 0 Å². The van der Waals surface area contributed by atoms with Gasteiger partial charge in [0, 0.05) is 31.2 Å². The van der Waals surface area contributed by atoms with Crippen molar-refractivity contribution in [3.8, 4) is 0 Å². The number of pyridine rings is 1. The van der Waals surface area contributed by atoms with Crippen LogP contribution >= 0.6 is 0 Å². The Kier molecular flexibility index (Phi) is 5.38. The summed E-state index contributed by atoms with van der Waals surface area (Å²) in [6.07, 6.45) is 5.75. The molecule has 1 aromatic heterocycles. The van der Waals surface area contributed by atoms with Gasteiger partial charge < -0.3 is 10.6 Å². The number of nitrogens with zero attached hydrogens (tertiary/aromatic N) is 2. The van der Waals surface area contributed by atoms with Crippen LogP contribution in [0.5, 0.6) is 0 Å². The Morgan fingerprint density at radius 2 is 1.68 bits per heavy atom. The molecule has 0 atom stereocenters. The molecule has 0 saturated heterocycles. The summed E-state index contributed by atoms with van der Waals surface area (Å²) >= 11 is 0. The third-order valence-electron chi connectivity index (χ3n) is 3.17. The van der Waals surface area contributed by atoms with Crippen LogP contribution in [0.25, 0.3) is 0 Å². The molecule has 0 fully saturated rings. The lowest BCUT2D eigenvalue weighted by molar-refractivity contribution is 0.729. The third-order valence-corrected chi connectivity index (χ3v) is 3.17. The highest BCUT2D eigenvalue weighted by molar-refractivity contribution is 5.46. The molecule has 0 unspecified atom stereocenters. The molecule has 0 amide bonds. The number of hydrogen-bond donors (Lipinski definition) is 1. The van der Waals surface area contributed by atoms with Gasteiger partial charge in [-0.15, -0.1) is 0 Å². The summed E-state index contributed by atoms with van der Waals surface area (Å²) in [5, 5.41) is 0. The Hall–Kier alpha value is -1.87. The molecule has 2 aromatic rings. The van der Waals surface area contributed by atoms with Crippen LogP contribution in [0, 0.1) is 0 Å². The number of anilines is 1. The lowest BCUT2D eigenvalue weighted by Crippen LogP contribution is -2.28. The van der Waals surface area contributed by atoms with Crippen molar-refractivity contribution in [2.45, 2.75) is 12.8 Å². The van der Waals surface area contributed by atoms with E-state index in [1.54, 1.807) is 0 Å². The maximum atomic E-state index is 5.63. The van der Waals surface area contributed by atoms with Crippen molar-refractivity contribution in [3.05, 3.63) is 60.4 Å². The zero-order valence-electron chi connectivity index (χ0n) is 11.2. The minimum absolute atomic E-state index is 0.735. The summed E-state index contributed by atoms with van der Waals surface area (Å²) in [5.74, 6) is 0. The summed E-state index contributed by atoms with van der Waals surface area (Å²) in [6.45, 7) is 2.75. The van der Waals surface area contributed by atoms with E-state index in [1.165, 1.54) is 11.3 Å². The molecule has 1 heterocycles. The number of benzene rings is 1. The monoisotopic (exact) mass is 255 g/mol. The number of nitrogens with two attached hydrogens (primary N) is 1. The van der Waals surface area contributed by atoms with Gasteiger partial charge in [-0.1, -0.05) is 18.2 Å². The van der Waals surface area contributed by atoms with Gasteiger partial charge in [0.25, 0.3) is 0 Å². The predicted octanol–water partition coefficient (Wildman–Crippen LogP) is 2.48. The van der Waals surface area contributed by atoms with Crippen LogP contribution in [0.3, 0.4) is 0 Å². The van der Waals surface area contributed by atoms with Crippen LogP contribution < -0.4 is 10.6 Å². The Morgan fingerprint density at radius 1 is 0.947 bits per heavy atom. The number of hydrogen-bond acceptors (Lipinski definition) is 3. The third kappa shape index (κ3) is 4.38. The van der Waals surface area contributed by atoms with Gasteiger partial charge in [0.05, 0.1) is 0 Å². The molecule has 2 N–H and O–H groups in total. The number of aromatic nitrogens is 1. The van der Waals surface area contributed by atoms with Gasteiger partial charge in [-0.2, -0.15) is 0 Å². The summed E-state index contributed by atoms with van der Waals surface area (Å²) in [5.41, 5.74) is 8.22. The van der Waals surface area contributed by atoms with E-state index in [4.69, 9.17) is 5.73 Å². The number of para-hydroxylation sites is 1. The van der Waals surface area contributed by atoms with Gasteiger partial charge >= 0.3 is 0 Å². The average molecular weight is 255 g/mol. The van der Waals surface area contributed by atoms with Crippen LogP contribution in [0.2, 0.25) is 0 Å². The second kappa shape index (κ2) is 7.54. The summed E-state index contributed by atoms with van der Waals surface area (Å²) < 4.78 is 0. The molecule has 0 saturated carbocycles. The molecule has 3 nitrogen and oxygen atoms in total. The molecule has 2 rings (SSSR count). The molecule has 0 spiro atoms. The SMILES string of the molecule is NCCCN(CCc1ccncc1)c1ccccc1. The molecule has 0 radical (unpaired) electrons. The second-order valence-electron chi connectivity index (χ2n) is 4.57. The molecule has 0 bridgehead atoms. The minimum atomic E-state index is 0.735. The molecule has 1 aromatic carbocycles. The summed E-state index contributed by atoms with van der Waals surface area (Å²) in [4.78, 5) is 6.45. The summed E-state index contributed by atoms with van der Waals surface area (Å²) in [7, 11) is 0. The first-order valence-electron chi connectivity index (χ1n) is 6.79. The highest BCUT2D eigenvalue weighted by Gasteiger charge is 2.05. The van der Waals surface area contributed by atoms with Gasteiger partial charge in [0.2, 0.25) is 0 Å². The first-order chi connectivity index (χ1) is 9.40. The average Bonchev–Trinajstić information content (AvgIpc) is 2.49. The first-order valence-corrected chi connectivity index (χ1v) is 6.79. The van der Waals surface area contributed by atoms with E-state index in [-0.39, 0.29) is 0 Å². The maximum Gasteiger partial charge on any atom is 0.0366 e. The van der Waals surface area contributed by atoms with Crippen LogP contribution in [0.1, 0.15) is 12.0 Å². The van der Waals surface area contributed by atoms with Crippen LogP contribution in [-0.2, 0) is 6.42 Å². The van der Waals surface area contributed by atoms with Crippen molar-refractivity contribution in [2.75, 3.05) is 24.5 Å². The lowest BCUT2D eigenvalue weighted by Gasteiger charge is -2.24. The van der Waals surface area contributed by atoms with Gasteiger partial charge in [0.15, 0.2) is 0 Å². The zero-order valence-corrected chi connectivity index (χ0v) is 11.2. The summed E-state index contributed by atoms with van der Waals surface area (Å²) in [6, 6.07) is 14.7. The van der Waals surface area contributed by atoms with Crippen LogP contribution in [-0.4, -0.2) is 24.6 Å². The first kappa shape index (κ1) is 13.6. The second-order valence-corrected chi connectivity index (χ2v) is 4.57. The quantitative estimate of drug-likeness (QED) is 0.826. The van der Waals surface area contributed by atoms with Gasteiger partial charge in [0.1, 0.15) is 0 Å². The fourth-order valence-electron chi connectivity index (χ4n) is 2.10. The Balaban J connectivity index is 1.98. The zero-order chi connectivity index (χ0) is 13.3. The van der Waals surface area contributed by atoms with Crippen molar-refractivity contribution in [1.82, 2.24) is 4.98 Å². The van der Waals surface area contributed by atoms with E-state index in [0.29, 0.717) is 0 Å². The van der Waals surface area contributed by atoms with Gasteiger partial charge in [-0.05, 0) is 49.2 Å². The smallest absolute Gasteiger partial charge is 0.0366 e. The molecule has 19 heavy (non-hydrogen) atoms. The predicted molar refractivity (Wildman–Crippen MR) is 80.3 cm³/mol. The van der Waals surface area contributed by atoms with Gasteiger partial charge in [-0.3, -0.25) is 4.98 Å². The molecule has 0 aliphatic rings. The van der Waals surface area contributed by atoms with E-state index in [1.807, 2.05) is 18.5 Å². The van der Waals surface area contributed by atoms with E-state index in [9.17, 15) is 0 Å². The van der Waals surface area contributed by atoms with Crippen molar-refractivity contribution in [2.24, 2.45) is 5.73 Å². The molecular formula is C16H21N3. The standard InChI is InChI=1S/C16H21N3/c17-10-4-13-19(16-5-2-1-3-6-16)14-9-15-7-11-18-12-8-15/h1-3,5-8,11-12H,4,9-10,13-14,17H2. The van der Waals surface area contributed by atoms with Gasteiger partial charge in [-0.25, -0.2) is 0 Å². The number of rotatable bonds is 7. The maximum absolute atomic E-state index is 5.63. The molecule has 0 aliphatic carbocycles. The minimum Gasteiger partial charge on any atom is -0.371 e. The normalized spacial score (nSPS) is 10.4. The molecule has 3 heteroatoms. The highest BCUT2D eigenvalue weighted by atomic mass is 15.1. The van der Waals surface area contributed by atoms with Crippen LogP contribution in [0.4, 0.5) is 5.69 Å². The lowest BCUT2D eigenvalue weighted by atomic mass is 10.1. The Bertz CT molecular complexity index is 456. The van der Waals surface area contributed by atoms with E-state index < -0.39 is 0 Å². The van der Waals surface area contributed by atoms with Crippen molar-refractivity contribution >= 4 is 5.69 Å². The van der Waals surface area contributed by atoms with Crippen LogP contribution in [0.15, 0.2) is 54.9 Å². The molecular weight excluding hydrogens is 234 g/mol. The Morgan fingerprint density at radius 3 is 2.37 bits per heavy atom. The largest absolute Gasteiger partial charge is 0.371 e. The fourth-order valence-corrected chi connectivity index (χ4v) is 2.10. The highest BCUT2D eigenvalue weighted by Crippen LogP contribution is 2.14. The molecule has 0 aliphatic heterocycles. The Labute approximate surface area is 115 Å². The van der Waals surface area contributed by atoms with E-state index >= 15 is 0 Å². The van der Waals surface area contributed by atoms with Crippen molar-refractivity contribution in [1.29, 1.82) is 0 Å². The topological polar surface area (TPSA) is 42.1 Å². The van der Waals surface area contributed by atoms with E-state index in [0.717, 1.165) is 32.5 Å². The van der Waals surface area contributed by atoms with E-state index in [2.05, 4.69) is 46.3 Å². The fraction of sp³-hybridized carbons (Fsp3) is 0.312. The molecule has 100 valence electrons. The van der Waals surface area contributed by atoms with Crippen molar-refractivity contribution < 1.29 is 0 Å².